The molecular weight excluding hydrogens is 320 g/mol. The first-order chi connectivity index (χ1) is 11.5. The Labute approximate surface area is 146 Å². The lowest BCUT2D eigenvalue weighted by Crippen LogP contribution is -2.43. The molecule has 0 spiro atoms. The van der Waals surface area contributed by atoms with E-state index in [-0.39, 0.29) is 11.5 Å². The molecular formula is C19H20N2O2S. The maximum Gasteiger partial charge on any atom is 0.271 e. The fraction of sp³-hybridized carbons (Fsp3) is 0.316. The third-order valence-electron chi connectivity index (χ3n) is 3.99. The summed E-state index contributed by atoms with van der Waals surface area (Å²) in [6.45, 7) is 4.00. The van der Waals surface area contributed by atoms with Crippen LogP contribution in [0.15, 0.2) is 45.9 Å². The molecule has 0 atom stereocenters. The number of amides is 2. The summed E-state index contributed by atoms with van der Waals surface area (Å²) in [5, 5.41) is 9.32. The molecule has 1 aromatic carbocycles. The number of nitriles is 1. The Morgan fingerprint density at radius 3 is 2.42 bits per heavy atom. The molecule has 1 aromatic rings. The fourth-order valence-corrected chi connectivity index (χ4v) is 2.92. The van der Waals surface area contributed by atoms with E-state index in [1.165, 1.54) is 4.90 Å². The highest BCUT2D eigenvalue weighted by molar-refractivity contribution is 7.98. The molecule has 1 heterocycles. The van der Waals surface area contributed by atoms with Crippen molar-refractivity contribution in [2.24, 2.45) is 0 Å². The van der Waals surface area contributed by atoms with Crippen molar-refractivity contribution in [3.63, 3.8) is 0 Å². The summed E-state index contributed by atoms with van der Waals surface area (Å²) in [6, 6.07) is 9.78. The molecule has 24 heavy (non-hydrogen) atoms. The summed E-state index contributed by atoms with van der Waals surface area (Å²) in [5.74, 6) is -0.803. The number of benzene rings is 1. The topological polar surface area (TPSA) is 61.2 Å². The first-order valence-electron chi connectivity index (χ1n) is 7.86. The molecule has 0 saturated carbocycles. The highest BCUT2D eigenvalue weighted by Gasteiger charge is 2.34. The highest BCUT2D eigenvalue weighted by atomic mass is 32.2. The van der Waals surface area contributed by atoms with E-state index in [4.69, 9.17) is 0 Å². The molecule has 5 heteroatoms. The van der Waals surface area contributed by atoms with Gasteiger partial charge in [0.15, 0.2) is 0 Å². The summed E-state index contributed by atoms with van der Waals surface area (Å²) in [6.07, 6.45) is 5.35. The van der Waals surface area contributed by atoms with Gasteiger partial charge in [-0.3, -0.25) is 14.5 Å². The van der Waals surface area contributed by atoms with Gasteiger partial charge in [-0.2, -0.15) is 5.26 Å². The quantitative estimate of drug-likeness (QED) is 0.465. The van der Waals surface area contributed by atoms with E-state index in [1.807, 2.05) is 43.5 Å². The zero-order valence-corrected chi connectivity index (χ0v) is 14.9. The second-order valence-corrected chi connectivity index (χ2v) is 6.44. The Balaban J connectivity index is 2.47. The predicted octanol–water partition coefficient (Wildman–Crippen LogP) is 3.80. The number of hydrogen-bond donors (Lipinski definition) is 0. The van der Waals surface area contributed by atoms with Gasteiger partial charge in [-0.1, -0.05) is 25.5 Å². The average molecular weight is 340 g/mol. The van der Waals surface area contributed by atoms with Crippen LogP contribution < -0.4 is 0 Å². The Morgan fingerprint density at radius 1 is 1.21 bits per heavy atom. The minimum Gasteiger partial charge on any atom is -0.274 e. The predicted molar refractivity (Wildman–Crippen MR) is 96.1 cm³/mol. The van der Waals surface area contributed by atoms with E-state index in [0.717, 1.165) is 23.3 Å². The van der Waals surface area contributed by atoms with Crippen LogP contribution in [-0.4, -0.2) is 29.5 Å². The average Bonchev–Trinajstić information content (AvgIpc) is 2.59. The summed E-state index contributed by atoms with van der Waals surface area (Å²) < 4.78 is 0. The highest BCUT2D eigenvalue weighted by Crippen LogP contribution is 2.27. The van der Waals surface area contributed by atoms with Crippen LogP contribution >= 0.6 is 11.8 Å². The minimum atomic E-state index is -0.483. The molecule has 2 rings (SSSR count). The summed E-state index contributed by atoms with van der Waals surface area (Å²) in [7, 11) is 0. The molecule has 0 radical (unpaired) electrons. The summed E-state index contributed by atoms with van der Waals surface area (Å²) >= 11 is 1.65. The smallest absolute Gasteiger partial charge is 0.271 e. The molecule has 0 fully saturated rings. The minimum absolute atomic E-state index is 0.0534. The maximum absolute atomic E-state index is 12.7. The number of thioether (sulfide) groups is 1. The molecule has 0 aromatic heterocycles. The third kappa shape index (κ3) is 3.60. The molecule has 0 unspecified atom stereocenters. The molecule has 0 saturated heterocycles. The normalized spacial score (nSPS) is 16.8. The number of carbonyl (C=O) groups is 2. The molecule has 0 bridgehead atoms. The zero-order chi connectivity index (χ0) is 17.7. The van der Waals surface area contributed by atoms with Crippen LogP contribution in [0.5, 0.6) is 0 Å². The van der Waals surface area contributed by atoms with Crippen molar-refractivity contribution in [3.05, 3.63) is 46.5 Å². The van der Waals surface area contributed by atoms with Crippen LogP contribution in [-0.2, 0) is 9.59 Å². The van der Waals surface area contributed by atoms with Crippen molar-refractivity contribution in [2.75, 3.05) is 12.8 Å². The van der Waals surface area contributed by atoms with Crippen molar-refractivity contribution in [3.8, 4) is 6.07 Å². The standard InChI is InChI=1S/C19H20N2O2S/c1-4-5-10-21-18(22)16(13(2)17(12-20)19(21)23)11-14-6-8-15(24-3)9-7-14/h6-9,11H,4-5,10H2,1-3H3/b16-11+. The van der Waals surface area contributed by atoms with Gasteiger partial charge in [0.25, 0.3) is 11.8 Å². The van der Waals surface area contributed by atoms with Crippen molar-refractivity contribution >= 4 is 29.7 Å². The number of nitrogens with zero attached hydrogens (tertiary/aromatic N) is 2. The van der Waals surface area contributed by atoms with E-state index in [9.17, 15) is 14.9 Å². The third-order valence-corrected chi connectivity index (χ3v) is 4.73. The Hall–Kier alpha value is -2.32. The van der Waals surface area contributed by atoms with Gasteiger partial charge in [0, 0.05) is 17.0 Å². The SMILES string of the molecule is CCCCN1C(=O)C(C#N)=C(C)/C(=C\c2ccc(SC)cc2)C1=O. The Bertz CT molecular complexity index is 755. The second kappa shape index (κ2) is 7.98. The fourth-order valence-electron chi connectivity index (χ4n) is 2.52. The van der Waals surface area contributed by atoms with Gasteiger partial charge in [0.2, 0.25) is 0 Å². The van der Waals surface area contributed by atoms with Crippen LogP contribution in [0.2, 0.25) is 0 Å². The van der Waals surface area contributed by atoms with E-state index in [2.05, 4.69) is 0 Å². The largest absolute Gasteiger partial charge is 0.274 e. The number of carbonyl (C=O) groups excluding carboxylic acids is 2. The second-order valence-electron chi connectivity index (χ2n) is 5.56. The van der Waals surface area contributed by atoms with Gasteiger partial charge in [-0.25, -0.2) is 0 Å². The lowest BCUT2D eigenvalue weighted by atomic mass is 9.93. The molecule has 4 nitrogen and oxygen atoms in total. The Morgan fingerprint density at radius 2 is 1.88 bits per heavy atom. The van der Waals surface area contributed by atoms with Crippen LogP contribution in [0.4, 0.5) is 0 Å². The number of hydrogen-bond acceptors (Lipinski definition) is 4. The van der Waals surface area contributed by atoms with E-state index in [1.54, 1.807) is 24.8 Å². The van der Waals surface area contributed by atoms with Gasteiger partial charge >= 0.3 is 0 Å². The van der Waals surface area contributed by atoms with Crippen LogP contribution in [0, 0.1) is 11.3 Å². The van der Waals surface area contributed by atoms with E-state index in [0.29, 0.717) is 17.7 Å². The lowest BCUT2D eigenvalue weighted by Gasteiger charge is -2.27. The van der Waals surface area contributed by atoms with Crippen molar-refractivity contribution < 1.29 is 9.59 Å². The van der Waals surface area contributed by atoms with Gasteiger partial charge in [0.05, 0.1) is 0 Å². The van der Waals surface area contributed by atoms with E-state index < -0.39 is 5.91 Å². The monoisotopic (exact) mass is 340 g/mol. The molecule has 124 valence electrons. The van der Waals surface area contributed by atoms with Crippen LogP contribution in [0.3, 0.4) is 0 Å². The Kier molecular flexibility index (Phi) is 5.99. The molecule has 1 aliphatic heterocycles. The van der Waals surface area contributed by atoms with Gasteiger partial charge in [0.1, 0.15) is 11.6 Å². The zero-order valence-electron chi connectivity index (χ0n) is 14.1. The summed E-state index contributed by atoms with van der Waals surface area (Å²) in [5.41, 5.74) is 1.80. The van der Waals surface area contributed by atoms with Crippen molar-refractivity contribution in [2.45, 2.75) is 31.6 Å². The van der Waals surface area contributed by atoms with Gasteiger partial charge in [-0.15, -0.1) is 11.8 Å². The number of imide groups is 1. The number of unbranched alkanes of at least 4 members (excludes halogenated alkanes) is 1. The maximum atomic E-state index is 12.7. The molecule has 0 aliphatic carbocycles. The van der Waals surface area contributed by atoms with Crippen molar-refractivity contribution in [1.82, 2.24) is 4.90 Å². The first-order valence-corrected chi connectivity index (χ1v) is 9.09. The molecule has 2 amide bonds. The van der Waals surface area contributed by atoms with Crippen LogP contribution in [0.1, 0.15) is 32.3 Å². The van der Waals surface area contributed by atoms with Gasteiger partial charge < -0.3 is 0 Å². The van der Waals surface area contributed by atoms with Crippen LogP contribution in [0.25, 0.3) is 6.08 Å². The van der Waals surface area contributed by atoms with Gasteiger partial charge in [-0.05, 0) is 48.9 Å². The number of rotatable bonds is 5. The molecule has 1 aliphatic rings. The van der Waals surface area contributed by atoms with Crippen molar-refractivity contribution in [1.29, 1.82) is 5.26 Å². The summed E-state index contributed by atoms with van der Waals surface area (Å²) in [4.78, 5) is 27.4. The lowest BCUT2D eigenvalue weighted by molar-refractivity contribution is -0.140. The molecule has 0 N–H and O–H groups in total. The van der Waals surface area contributed by atoms with E-state index >= 15 is 0 Å². The first kappa shape index (κ1) is 18.0.